The fourth-order valence-corrected chi connectivity index (χ4v) is 1.00. The van der Waals surface area contributed by atoms with Crippen LogP contribution >= 0.6 is 0 Å². The van der Waals surface area contributed by atoms with Crippen molar-refractivity contribution >= 4 is 0 Å². The van der Waals surface area contributed by atoms with E-state index in [0.29, 0.717) is 6.42 Å². The molecule has 1 saturated heterocycles. The number of aliphatic hydroxyl groups is 2. The van der Waals surface area contributed by atoms with Gasteiger partial charge in [0.2, 0.25) is 0 Å². The van der Waals surface area contributed by atoms with Crippen LogP contribution in [0.1, 0.15) is 6.42 Å². The summed E-state index contributed by atoms with van der Waals surface area (Å²) in [6.07, 6.45) is -0.985. The van der Waals surface area contributed by atoms with E-state index in [9.17, 15) is 0 Å². The molecule has 0 aliphatic carbocycles. The molecule has 5 nitrogen and oxygen atoms in total. The van der Waals surface area contributed by atoms with Crippen LogP contribution in [0.5, 0.6) is 0 Å². The Morgan fingerprint density at radius 1 is 1.70 bits per heavy atom. The maximum Gasteiger partial charge on any atom is 0.123 e. The van der Waals surface area contributed by atoms with E-state index >= 15 is 0 Å². The van der Waals surface area contributed by atoms with E-state index in [2.05, 4.69) is 5.43 Å². The summed E-state index contributed by atoms with van der Waals surface area (Å²) in [4.78, 5) is 0. The lowest BCUT2D eigenvalue weighted by Crippen LogP contribution is -2.35. The molecule has 3 atom stereocenters. The highest BCUT2D eigenvalue weighted by Crippen LogP contribution is 2.16. The summed E-state index contributed by atoms with van der Waals surface area (Å²) in [6, 6.07) is 0. The van der Waals surface area contributed by atoms with E-state index in [4.69, 9.17) is 20.8 Å². The summed E-state index contributed by atoms with van der Waals surface area (Å²) in [5.74, 6) is 5.05. The Labute approximate surface area is 58.8 Å². The third-order valence-corrected chi connectivity index (χ3v) is 1.59. The Balaban J connectivity index is 2.36. The van der Waals surface area contributed by atoms with Crippen molar-refractivity contribution in [1.29, 1.82) is 0 Å². The lowest BCUT2D eigenvalue weighted by molar-refractivity contribution is -0.0307. The van der Waals surface area contributed by atoms with Crippen molar-refractivity contribution in [1.82, 2.24) is 5.43 Å². The van der Waals surface area contributed by atoms with Gasteiger partial charge in [-0.25, -0.2) is 5.43 Å². The highest BCUT2D eigenvalue weighted by molar-refractivity contribution is 4.78. The van der Waals surface area contributed by atoms with Crippen molar-refractivity contribution in [3.05, 3.63) is 0 Å². The molecule has 1 rings (SSSR count). The first kappa shape index (κ1) is 7.90. The summed E-state index contributed by atoms with van der Waals surface area (Å²) in [5.41, 5.74) is 2.37. The van der Waals surface area contributed by atoms with Gasteiger partial charge in [-0.05, 0) is 0 Å². The molecule has 0 unspecified atom stereocenters. The number of ether oxygens (including phenoxy) is 1. The van der Waals surface area contributed by atoms with Crippen LogP contribution in [-0.4, -0.2) is 35.3 Å². The molecule has 0 aromatic carbocycles. The minimum Gasteiger partial charge on any atom is -0.394 e. The Bertz CT molecular complexity index is 111. The predicted octanol–water partition coefficient (Wildman–Crippen LogP) is -2.08. The van der Waals surface area contributed by atoms with E-state index in [1.807, 2.05) is 0 Å². The average Bonchev–Trinajstić information content (AvgIpc) is 2.30. The van der Waals surface area contributed by atoms with Crippen LogP contribution in [0.4, 0.5) is 0 Å². The molecular weight excluding hydrogens is 136 g/mol. The molecule has 0 aromatic heterocycles. The number of nitrogens with two attached hydrogens (primary N) is 1. The van der Waals surface area contributed by atoms with Gasteiger partial charge in [0, 0.05) is 6.42 Å². The van der Waals surface area contributed by atoms with E-state index in [1.54, 1.807) is 0 Å². The number of nitrogens with one attached hydrogen (secondary N) is 1. The molecule has 1 heterocycles. The molecule has 0 saturated carbocycles. The Morgan fingerprint density at radius 3 is 2.70 bits per heavy atom. The second kappa shape index (κ2) is 3.27. The maximum absolute atomic E-state index is 9.11. The lowest BCUT2D eigenvalue weighted by atomic mass is 10.2. The van der Waals surface area contributed by atoms with Crippen molar-refractivity contribution in [3.8, 4) is 0 Å². The minimum atomic E-state index is -0.606. The van der Waals surface area contributed by atoms with Gasteiger partial charge in [0.1, 0.15) is 12.3 Å². The van der Waals surface area contributed by atoms with Crippen LogP contribution in [0.25, 0.3) is 0 Å². The normalized spacial score (nSPS) is 40.5. The summed E-state index contributed by atoms with van der Waals surface area (Å²) < 4.78 is 5.04. The van der Waals surface area contributed by atoms with E-state index in [1.165, 1.54) is 0 Å². The monoisotopic (exact) mass is 148 g/mol. The first-order valence-electron chi connectivity index (χ1n) is 3.18. The Kier molecular flexibility index (Phi) is 2.58. The number of hydrogen-bond donors (Lipinski definition) is 4. The molecule has 0 aromatic rings. The minimum absolute atomic E-state index is 0.167. The summed E-state index contributed by atoms with van der Waals surface area (Å²) in [7, 11) is 0. The van der Waals surface area contributed by atoms with Crippen LogP contribution in [-0.2, 0) is 4.74 Å². The molecule has 60 valence electrons. The zero-order chi connectivity index (χ0) is 7.56. The molecule has 5 heteroatoms. The maximum atomic E-state index is 9.11. The van der Waals surface area contributed by atoms with Gasteiger partial charge in [-0.3, -0.25) is 5.84 Å². The van der Waals surface area contributed by atoms with Gasteiger partial charge in [-0.2, -0.15) is 0 Å². The highest BCUT2D eigenvalue weighted by atomic mass is 16.5. The largest absolute Gasteiger partial charge is 0.394 e. The number of hydrogen-bond acceptors (Lipinski definition) is 5. The van der Waals surface area contributed by atoms with Gasteiger partial charge < -0.3 is 14.9 Å². The van der Waals surface area contributed by atoms with Crippen molar-refractivity contribution in [2.75, 3.05) is 6.61 Å². The number of aliphatic hydroxyl groups excluding tert-OH is 2. The van der Waals surface area contributed by atoms with Crippen LogP contribution in [0.15, 0.2) is 0 Å². The molecule has 1 fully saturated rings. The zero-order valence-corrected chi connectivity index (χ0v) is 5.53. The Morgan fingerprint density at radius 2 is 2.40 bits per heavy atom. The third-order valence-electron chi connectivity index (χ3n) is 1.59. The molecule has 1 aliphatic rings. The van der Waals surface area contributed by atoms with Crippen molar-refractivity contribution in [2.45, 2.75) is 24.9 Å². The quantitative estimate of drug-likeness (QED) is 0.266. The number of rotatable bonds is 2. The summed E-state index contributed by atoms with van der Waals surface area (Å²) in [6.45, 7) is -0.167. The van der Waals surface area contributed by atoms with Crippen molar-refractivity contribution in [3.63, 3.8) is 0 Å². The van der Waals surface area contributed by atoms with E-state index < -0.39 is 12.2 Å². The molecule has 0 amide bonds. The van der Waals surface area contributed by atoms with Gasteiger partial charge in [-0.1, -0.05) is 0 Å². The van der Waals surface area contributed by atoms with Crippen LogP contribution in [0.2, 0.25) is 0 Å². The van der Waals surface area contributed by atoms with Crippen LogP contribution in [0, 0.1) is 0 Å². The second-order valence-corrected chi connectivity index (χ2v) is 2.32. The highest BCUT2D eigenvalue weighted by Gasteiger charge is 2.32. The molecule has 0 bridgehead atoms. The fourth-order valence-electron chi connectivity index (χ4n) is 1.00. The first-order chi connectivity index (χ1) is 4.77. The molecule has 0 spiro atoms. The summed E-state index contributed by atoms with van der Waals surface area (Å²) >= 11 is 0. The van der Waals surface area contributed by atoms with E-state index in [0.717, 1.165) is 0 Å². The lowest BCUT2D eigenvalue weighted by Gasteiger charge is -2.10. The van der Waals surface area contributed by atoms with Gasteiger partial charge in [0.05, 0.1) is 12.7 Å². The second-order valence-electron chi connectivity index (χ2n) is 2.32. The van der Waals surface area contributed by atoms with Gasteiger partial charge in [0.25, 0.3) is 0 Å². The van der Waals surface area contributed by atoms with Gasteiger partial charge in [-0.15, -0.1) is 0 Å². The third kappa shape index (κ3) is 1.44. The van der Waals surface area contributed by atoms with Gasteiger partial charge >= 0.3 is 0 Å². The average molecular weight is 148 g/mol. The zero-order valence-electron chi connectivity index (χ0n) is 5.53. The van der Waals surface area contributed by atoms with Crippen LogP contribution in [0.3, 0.4) is 0 Å². The summed E-state index contributed by atoms with van der Waals surface area (Å²) in [5, 5.41) is 17.7. The van der Waals surface area contributed by atoms with E-state index in [-0.39, 0.29) is 12.8 Å². The molecule has 1 aliphatic heterocycles. The van der Waals surface area contributed by atoms with Gasteiger partial charge in [0.15, 0.2) is 0 Å². The standard InChI is InChI=1S/C5H12N2O3/c6-7-5-1-3(9)4(2-8)10-5/h3-5,7-9H,1-2,6H2/t3-,4+,5+/m0/s1. The van der Waals surface area contributed by atoms with Crippen molar-refractivity contribution in [2.24, 2.45) is 5.84 Å². The fraction of sp³-hybridized carbons (Fsp3) is 1.00. The molecule has 0 radical (unpaired) electrons. The van der Waals surface area contributed by atoms with Crippen molar-refractivity contribution < 1.29 is 14.9 Å². The first-order valence-corrected chi connectivity index (χ1v) is 3.18. The number of hydrazine groups is 1. The molecule has 5 N–H and O–H groups in total. The topological polar surface area (TPSA) is 87.7 Å². The van der Waals surface area contributed by atoms with Crippen LogP contribution < -0.4 is 11.3 Å². The molecule has 10 heavy (non-hydrogen) atoms. The smallest absolute Gasteiger partial charge is 0.123 e. The molecular formula is C5H12N2O3. The Hall–Kier alpha value is -0.200. The predicted molar refractivity (Wildman–Crippen MR) is 33.7 cm³/mol. The SMILES string of the molecule is NN[C@H]1C[C@H](O)[C@@H](CO)O1.